The van der Waals surface area contributed by atoms with Crippen LogP contribution in [0.4, 0.5) is 8.78 Å². The van der Waals surface area contributed by atoms with E-state index in [0.717, 1.165) is 10.3 Å². The molecule has 0 spiro atoms. The van der Waals surface area contributed by atoms with Crippen LogP contribution < -0.4 is 0 Å². The van der Waals surface area contributed by atoms with Crippen LogP contribution >= 0.6 is 0 Å². The van der Waals surface area contributed by atoms with E-state index in [1.165, 1.54) is 0 Å². The van der Waals surface area contributed by atoms with Gasteiger partial charge in [-0.2, -0.15) is 8.78 Å². The summed E-state index contributed by atoms with van der Waals surface area (Å²) in [6.07, 6.45) is 1.59. The molecular weight excluding hydrogens is 276 g/mol. The number of alkyl halides is 2. The number of rotatable bonds is 5. The molecule has 2 aromatic heterocycles. The molecule has 0 aliphatic rings. The van der Waals surface area contributed by atoms with Crippen molar-refractivity contribution in [3.05, 3.63) is 54.2 Å². The molecule has 0 radical (unpaired) electrons. The van der Waals surface area contributed by atoms with Gasteiger partial charge in [0.05, 0.1) is 30.4 Å². The molecule has 21 heavy (non-hydrogen) atoms. The van der Waals surface area contributed by atoms with E-state index in [1.54, 1.807) is 36.6 Å². The van der Waals surface area contributed by atoms with Crippen LogP contribution in [-0.4, -0.2) is 21.5 Å². The molecule has 6 heteroatoms. The minimum atomic E-state index is -2.61. The van der Waals surface area contributed by atoms with Crippen molar-refractivity contribution in [1.29, 1.82) is 0 Å². The lowest BCUT2D eigenvalue weighted by Gasteiger charge is -2.16. The van der Waals surface area contributed by atoms with E-state index in [-0.39, 0.29) is 0 Å². The zero-order valence-electron chi connectivity index (χ0n) is 11.5. The highest BCUT2D eigenvalue weighted by atomic mass is 19.3. The SMILES string of the molecule is CN(Cc1ccco1)Cc1nc2ccccc2n1C(F)F. The van der Waals surface area contributed by atoms with E-state index in [0.29, 0.717) is 29.9 Å². The van der Waals surface area contributed by atoms with E-state index < -0.39 is 6.55 Å². The fraction of sp³-hybridized carbons (Fsp3) is 0.267. The smallest absolute Gasteiger partial charge is 0.320 e. The standard InChI is InChI=1S/C15H15F2N3O/c1-19(9-11-5-4-8-21-11)10-14-18-12-6-2-3-7-13(12)20(14)15(16)17/h2-8,15H,9-10H2,1H3. The molecule has 3 rings (SSSR count). The Morgan fingerprint density at radius 1 is 1.19 bits per heavy atom. The number of nitrogens with zero attached hydrogens (tertiary/aromatic N) is 3. The van der Waals surface area contributed by atoms with Crippen LogP contribution in [0.1, 0.15) is 18.1 Å². The lowest BCUT2D eigenvalue weighted by molar-refractivity contribution is 0.0687. The van der Waals surface area contributed by atoms with Crippen molar-refractivity contribution in [2.24, 2.45) is 0 Å². The van der Waals surface area contributed by atoms with Gasteiger partial charge >= 0.3 is 6.55 Å². The molecule has 4 nitrogen and oxygen atoms in total. The first-order chi connectivity index (χ1) is 10.1. The van der Waals surface area contributed by atoms with E-state index in [2.05, 4.69) is 4.98 Å². The van der Waals surface area contributed by atoms with Gasteiger partial charge in [-0.25, -0.2) is 4.98 Å². The average molecular weight is 291 g/mol. The van der Waals surface area contributed by atoms with Crippen molar-refractivity contribution < 1.29 is 13.2 Å². The first-order valence-electron chi connectivity index (χ1n) is 6.60. The quantitative estimate of drug-likeness (QED) is 0.719. The van der Waals surface area contributed by atoms with E-state index in [9.17, 15) is 8.78 Å². The fourth-order valence-electron chi connectivity index (χ4n) is 2.39. The third-order valence-corrected chi connectivity index (χ3v) is 3.28. The first-order valence-corrected chi connectivity index (χ1v) is 6.60. The Hall–Kier alpha value is -2.21. The zero-order chi connectivity index (χ0) is 14.8. The van der Waals surface area contributed by atoms with Gasteiger partial charge in [-0.3, -0.25) is 9.47 Å². The normalized spacial score (nSPS) is 11.9. The predicted molar refractivity (Wildman–Crippen MR) is 74.9 cm³/mol. The number of para-hydroxylation sites is 2. The maximum absolute atomic E-state index is 13.3. The summed E-state index contributed by atoms with van der Waals surface area (Å²) in [6, 6.07) is 10.6. The molecule has 0 saturated heterocycles. The summed E-state index contributed by atoms with van der Waals surface area (Å²) < 4.78 is 32.9. The molecule has 0 aliphatic heterocycles. The molecule has 110 valence electrons. The third-order valence-electron chi connectivity index (χ3n) is 3.28. The van der Waals surface area contributed by atoms with Crippen LogP contribution in [0.2, 0.25) is 0 Å². The molecule has 0 saturated carbocycles. The van der Waals surface area contributed by atoms with Gasteiger partial charge in [0, 0.05) is 0 Å². The molecule has 3 aromatic rings. The number of imidazole rings is 1. The summed E-state index contributed by atoms with van der Waals surface area (Å²) in [7, 11) is 1.84. The second-order valence-electron chi connectivity index (χ2n) is 4.92. The second-order valence-corrected chi connectivity index (χ2v) is 4.92. The Balaban J connectivity index is 1.87. The molecule has 2 heterocycles. The Bertz CT molecular complexity index is 722. The van der Waals surface area contributed by atoms with Crippen LogP contribution in [0.15, 0.2) is 47.1 Å². The molecule has 0 atom stereocenters. The maximum atomic E-state index is 13.3. The minimum absolute atomic E-state index is 0.319. The van der Waals surface area contributed by atoms with Crippen LogP contribution in [0.25, 0.3) is 11.0 Å². The number of aromatic nitrogens is 2. The highest BCUT2D eigenvalue weighted by Crippen LogP contribution is 2.24. The molecule has 0 N–H and O–H groups in total. The molecule has 0 aliphatic carbocycles. The summed E-state index contributed by atoms with van der Waals surface area (Å²) >= 11 is 0. The van der Waals surface area contributed by atoms with Crippen molar-refractivity contribution in [2.45, 2.75) is 19.6 Å². The highest BCUT2D eigenvalue weighted by molar-refractivity contribution is 5.75. The zero-order valence-corrected chi connectivity index (χ0v) is 11.5. The van der Waals surface area contributed by atoms with Gasteiger partial charge in [-0.05, 0) is 31.3 Å². The molecule has 0 bridgehead atoms. The average Bonchev–Trinajstić information content (AvgIpc) is 3.04. The second kappa shape index (κ2) is 5.65. The van der Waals surface area contributed by atoms with Crippen molar-refractivity contribution in [2.75, 3.05) is 7.05 Å². The monoisotopic (exact) mass is 291 g/mol. The summed E-state index contributed by atoms with van der Waals surface area (Å²) in [4.78, 5) is 6.20. The number of benzene rings is 1. The minimum Gasteiger partial charge on any atom is -0.468 e. The van der Waals surface area contributed by atoms with Gasteiger partial charge in [0.1, 0.15) is 11.6 Å². The van der Waals surface area contributed by atoms with Gasteiger partial charge in [0.2, 0.25) is 0 Å². The Morgan fingerprint density at radius 2 is 2.00 bits per heavy atom. The largest absolute Gasteiger partial charge is 0.468 e. The number of hydrogen-bond acceptors (Lipinski definition) is 3. The molecule has 1 aromatic carbocycles. The van der Waals surface area contributed by atoms with Crippen LogP contribution in [-0.2, 0) is 13.1 Å². The van der Waals surface area contributed by atoms with Crippen molar-refractivity contribution >= 4 is 11.0 Å². The lowest BCUT2D eigenvalue weighted by Crippen LogP contribution is -2.20. The molecule has 0 amide bonds. The molecule has 0 unspecified atom stereocenters. The summed E-state index contributed by atoms with van der Waals surface area (Å²) in [5, 5.41) is 0. The highest BCUT2D eigenvalue weighted by Gasteiger charge is 2.18. The lowest BCUT2D eigenvalue weighted by atomic mass is 10.3. The van der Waals surface area contributed by atoms with Crippen LogP contribution in [0.3, 0.4) is 0 Å². The van der Waals surface area contributed by atoms with Gasteiger partial charge in [0.15, 0.2) is 0 Å². The number of hydrogen-bond donors (Lipinski definition) is 0. The van der Waals surface area contributed by atoms with Crippen molar-refractivity contribution in [3.8, 4) is 0 Å². The number of furan rings is 1. The Morgan fingerprint density at radius 3 is 2.71 bits per heavy atom. The van der Waals surface area contributed by atoms with E-state index in [1.807, 2.05) is 18.0 Å². The van der Waals surface area contributed by atoms with Gasteiger partial charge in [0.25, 0.3) is 0 Å². The van der Waals surface area contributed by atoms with Crippen LogP contribution in [0.5, 0.6) is 0 Å². The maximum Gasteiger partial charge on any atom is 0.320 e. The predicted octanol–water partition coefficient (Wildman–Crippen LogP) is 3.66. The number of halogens is 2. The summed E-state index contributed by atoms with van der Waals surface area (Å²) in [5.74, 6) is 1.14. The van der Waals surface area contributed by atoms with E-state index in [4.69, 9.17) is 4.42 Å². The molecular formula is C15H15F2N3O. The molecule has 0 fully saturated rings. The Kier molecular flexibility index (Phi) is 3.70. The van der Waals surface area contributed by atoms with Crippen LogP contribution in [0, 0.1) is 0 Å². The van der Waals surface area contributed by atoms with Crippen molar-refractivity contribution in [3.63, 3.8) is 0 Å². The summed E-state index contributed by atoms with van der Waals surface area (Å²) in [6.45, 7) is -1.75. The Labute approximate surface area is 120 Å². The van der Waals surface area contributed by atoms with Gasteiger partial charge < -0.3 is 4.42 Å². The van der Waals surface area contributed by atoms with Crippen molar-refractivity contribution in [1.82, 2.24) is 14.5 Å². The first kappa shape index (κ1) is 13.8. The van der Waals surface area contributed by atoms with Gasteiger partial charge in [-0.1, -0.05) is 12.1 Å². The summed E-state index contributed by atoms with van der Waals surface area (Å²) in [5.41, 5.74) is 1.04. The van der Waals surface area contributed by atoms with Gasteiger partial charge in [-0.15, -0.1) is 0 Å². The van der Waals surface area contributed by atoms with E-state index >= 15 is 0 Å². The number of fused-ring (bicyclic) bond motifs is 1. The fourth-order valence-corrected chi connectivity index (χ4v) is 2.39. The topological polar surface area (TPSA) is 34.2 Å². The third kappa shape index (κ3) is 2.80.